The molecule has 1 aliphatic carbocycles. The highest BCUT2D eigenvalue weighted by Crippen LogP contribution is 2.43. The molecular formula is C22H30N4S. The number of aromatic nitrogens is 1. The molecule has 4 rings (SSSR count). The number of likely N-dealkylation sites (tertiary alicyclic amines) is 1. The Balaban J connectivity index is 1.63. The van der Waals surface area contributed by atoms with Crippen molar-refractivity contribution < 1.29 is 0 Å². The first-order valence-electron chi connectivity index (χ1n) is 10.2. The van der Waals surface area contributed by atoms with Crippen LogP contribution in [-0.4, -0.2) is 58.2 Å². The van der Waals surface area contributed by atoms with E-state index in [1.54, 1.807) is 0 Å². The van der Waals surface area contributed by atoms with Gasteiger partial charge in [-0.2, -0.15) is 0 Å². The molecule has 3 atom stereocenters. The van der Waals surface area contributed by atoms with E-state index in [0.717, 1.165) is 44.1 Å². The van der Waals surface area contributed by atoms with Gasteiger partial charge in [0.25, 0.3) is 0 Å². The fourth-order valence-electron chi connectivity index (χ4n) is 5.05. The van der Waals surface area contributed by atoms with Gasteiger partial charge in [-0.25, -0.2) is 0 Å². The number of benzene rings is 1. The minimum absolute atomic E-state index is 0.370. The Kier molecular flexibility index (Phi) is 5.24. The lowest BCUT2D eigenvalue weighted by molar-refractivity contribution is 0.117. The molecule has 0 saturated carbocycles. The number of aromatic amines is 1. The summed E-state index contributed by atoms with van der Waals surface area (Å²) in [5.74, 6) is 0.530. The van der Waals surface area contributed by atoms with Crippen LogP contribution in [0.4, 0.5) is 0 Å². The predicted molar refractivity (Wildman–Crippen MR) is 117 cm³/mol. The molecule has 1 saturated heterocycles. The average Bonchev–Trinajstić information content (AvgIpc) is 3.08. The van der Waals surface area contributed by atoms with Gasteiger partial charge in [0.15, 0.2) is 5.11 Å². The fraction of sp³-hybridized carbons (Fsp3) is 0.500. The van der Waals surface area contributed by atoms with Crippen LogP contribution in [0.25, 0.3) is 10.9 Å². The average molecular weight is 383 g/mol. The topological polar surface area (TPSA) is 34.3 Å². The predicted octanol–water partition coefficient (Wildman–Crippen LogP) is 3.65. The number of H-pyrrole nitrogens is 1. The molecule has 2 N–H and O–H groups in total. The van der Waals surface area contributed by atoms with Gasteiger partial charge in [-0.1, -0.05) is 18.2 Å². The summed E-state index contributed by atoms with van der Waals surface area (Å²) >= 11 is 5.69. The monoisotopic (exact) mass is 382 g/mol. The standard InChI is InChI=1S/C22H30N4S/c1-4-10-26-14-16(24-22(27)25(5-2)6-3)12-18-17-8-7-9-19-21(17)15(13-23-19)11-20(18)26/h4,7-9,13,16,18,20,23H,1,5-6,10-12,14H2,2-3H3,(H,24,27)/t16-,18+,20+/m0/s1. The molecule has 2 aliphatic rings. The maximum atomic E-state index is 5.69. The molecule has 5 heteroatoms. The van der Waals surface area contributed by atoms with Gasteiger partial charge in [0.05, 0.1) is 0 Å². The molecule has 0 spiro atoms. The second kappa shape index (κ2) is 7.64. The summed E-state index contributed by atoms with van der Waals surface area (Å²) in [6.07, 6.45) is 6.48. The molecule has 2 heterocycles. The van der Waals surface area contributed by atoms with Crippen molar-refractivity contribution in [1.82, 2.24) is 20.1 Å². The van der Waals surface area contributed by atoms with Crippen LogP contribution in [0.1, 0.15) is 37.3 Å². The van der Waals surface area contributed by atoms with Crippen molar-refractivity contribution in [2.45, 2.75) is 44.7 Å². The van der Waals surface area contributed by atoms with Crippen LogP contribution < -0.4 is 5.32 Å². The third-order valence-corrected chi connectivity index (χ3v) is 6.69. The summed E-state index contributed by atoms with van der Waals surface area (Å²) in [4.78, 5) is 8.29. The largest absolute Gasteiger partial charge is 0.361 e. The second-order valence-electron chi connectivity index (χ2n) is 7.76. The Bertz CT molecular complexity index is 838. The summed E-state index contributed by atoms with van der Waals surface area (Å²) in [5.41, 5.74) is 4.22. The quantitative estimate of drug-likeness (QED) is 0.611. The zero-order valence-corrected chi connectivity index (χ0v) is 17.2. The Morgan fingerprint density at radius 2 is 2.22 bits per heavy atom. The fourth-order valence-corrected chi connectivity index (χ4v) is 5.48. The Morgan fingerprint density at radius 3 is 2.96 bits per heavy atom. The molecular weight excluding hydrogens is 352 g/mol. The SMILES string of the molecule is C=CCN1C[C@@H](NC(=S)N(CC)CC)C[C@@H]2c3cccc4[nH]cc(c34)C[C@H]21. The highest BCUT2D eigenvalue weighted by molar-refractivity contribution is 7.80. The first-order valence-corrected chi connectivity index (χ1v) is 10.6. The van der Waals surface area contributed by atoms with E-state index < -0.39 is 0 Å². The van der Waals surface area contributed by atoms with Gasteiger partial charge < -0.3 is 15.2 Å². The second-order valence-corrected chi connectivity index (χ2v) is 8.15. The molecule has 1 fully saturated rings. The Labute approximate surface area is 167 Å². The minimum atomic E-state index is 0.370. The third kappa shape index (κ3) is 3.27. The molecule has 0 amide bonds. The van der Waals surface area contributed by atoms with E-state index in [4.69, 9.17) is 12.2 Å². The number of hydrogen-bond acceptors (Lipinski definition) is 2. The van der Waals surface area contributed by atoms with E-state index in [-0.39, 0.29) is 0 Å². The molecule has 4 nitrogen and oxygen atoms in total. The highest BCUT2D eigenvalue weighted by Gasteiger charge is 2.40. The lowest BCUT2D eigenvalue weighted by atomic mass is 9.74. The molecule has 0 radical (unpaired) electrons. The summed E-state index contributed by atoms with van der Waals surface area (Å²) in [6, 6.07) is 7.62. The molecule has 27 heavy (non-hydrogen) atoms. The zero-order valence-electron chi connectivity index (χ0n) is 16.4. The van der Waals surface area contributed by atoms with Crippen molar-refractivity contribution in [1.29, 1.82) is 0 Å². The number of nitrogens with zero attached hydrogens (tertiary/aromatic N) is 2. The third-order valence-electron chi connectivity index (χ3n) is 6.32. The maximum absolute atomic E-state index is 5.69. The number of thiocarbonyl (C=S) groups is 1. The van der Waals surface area contributed by atoms with E-state index in [0.29, 0.717) is 18.0 Å². The van der Waals surface area contributed by atoms with Crippen molar-refractivity contribution in [2.75, 3.05) is 26.2 Å². The van der Waals surface area contributed by atoms with Gasteiger partial charge in [-0.15, -0.1) is 6.58 Å². The first kappa shape index (κ1) is 18.5. The summed E-state index contributed by atoms with van der Waals surface area (Å²) < 4.78 is 0. The van der Waals surface area contributed by atoms with Crippen LogP contribution in [0.15, 0.2) is 37.1 Å². The van der Waals surface area contributed by atoms with Gasteiger partial charge in [0, 0.05) is 61.3 Å². The van der Waals surface area contributed by atoms with Crippen LogP contribution >= 0.6 is 12.2 Å². The number of hydrogen-bond donors (Lipinski definition) is 2. The van der Waals surface area contributed by atoms with Gasteiger partial charge >= 0.3 is 0 Å². The molecule has 0 bridgehead atoms. The van der Waals surface area contributed by atoms with Gasteiger partial charge in [-0.3, -0.25) is 4.90 Å². The minimum Gasteiger partial charge on any atom is -0.361 e. The van der Waals surface area contributed by atoms with E-state index in [2.05, 4.69) is 64.9 Å². The van der Waals surface area contributed by atoms with Crippen LogP contribution in [0, 0.1) is 0 Å². The van der Waals surface area contributed by atoms with E-state index in [1.165, 1.54) is 22.0 Å². The van der Waals surface area contributed by atoms with Gasteiger partial charge in [0.2, 0.25) is 0 Å². The van der Waals surface area contributed by atoms with E-state index >= 15 is 0 Å². The molecule has 1 aliphatic heterocycles. The summed E-state index contributed by atoms with van der Waals surface area (Å²) in [5, 5.41) is 6.00. The van der Waals surface area contributed by atoms with Crippen LogP contribution in [0.2, 0.25) is 0 Å². The van der Waals surface area contributed by atoms with Crippen LogP contribution in [0.3, 0.4) is 0 Å². The highest BCUT2D eigenvalue weighted by atomic mass is 32.1. The Morgan fingerprint density at radius 1 is 1.41 bits per heavy atom. The van der Waals surface area contributed by atoms with Crippen LogP contribution in [0.5, 0.6) is 0 Å². The number of piperidine rings is 1. The van der Waals surface area contributed by atoms with Crippen molar-refractivity contribution in [3.8, 4) is 0 Å². The van der Waals surface area contributed by atoms with Gasteiger partial charge in [-0.05, 0) is 56.1 Å². The smallest absolute Gasteiger partial charge is 0.169 e. The van der Waals surface area contributed by atoms with E-state index in [9.17, 15) is 0 Å². The molecule has 1 aromatic carbocycles. The number of fused-ring (bicyclic) bond motifs is 2. The lowest BCUT2D eigenvalue weighted by Crippen LogP contribution is -2.57. The van der Waals surface area contributed by atoms with Crippen LogP contribution in [-0.2, 0) is 6.42 Å². The molecule has 0 unspecified atom stereocenters. The molecule has 144 valence electrons. The van der Waals surface area contributed by atoms with E-state index in [1.807, 2.05) is 6.08 Å². The summed E-state index contributed by atoms with van der Waals surface area (Å²) in [6.45, 7) is 12.2. The zero-order chi connectivity index (χ0) is 19.0. The van der Waals surface area contributed by atoms with Crippen molar-refractivity contribution >= 4 is 28.2 Å². The molecule has 2 aromatic rings. The lowest BCUT2D eigenvalue weighted by Gasteiger charge is -2.47. The number of rotatable bonds is 5. The van der Waals surface area contributed by atoms with Crippen molar-refractivity contribution in [3.05, 3.63) is 48.2 Å². The normalized spacial score (nSPS) is 24.4. The van der Waals surface area contributed by atoms with Crippen molar-refractivity contribution in [2.24, 2.45) is 0 Å². The van der Waals surface area contributed by atoms with Gasteiger partial charge in [0.1, 0.15) is 0 Å². The van der Waals surface area contributed by atoms with Crippen molar-refractivity contribution in [3.63, 3.8) is 0 Å². The summed E-state index contributed by atoms with van der Waals surface area (Å²) in [7, 11) is 0. The molecule has 1 aromatic heterocycles. The Hall–Kier alpha value is -1.85. The number of nitrogens with one attached hydrogen (secondary N) is 2. The first-order chi connectivity index (χ1) is 13.2. The maximum Gasteiger partial charge on any atom is 0.169 e.